The Morgan fingerprint density at radius 1 is 1.12 bits per heavy atom. The van der Waals surface area contributed by atoms with Crippen LogP contribution in [0.15, 0.2) is 63.8 Å². The summed E-state index contributed by atoms with van der Waals surface area (Å²) in [5.74, 6) is 0.849. The zero-order chi connectivity index (χ0) is 28.7. The highest BCUT2D eigenvalue weighted by Gasteiger charge is 2.41. The summed E-state index contributed by atoms with van der Waals surface area (Å²) in [6.07, 6.45) is 1.63. The van der Waals surface area contributed by atoms with Gasteiger partial charge in [-0.3, -0.25) is 9.36 Å². The Kier molecular flexibility index (Phi) is 7.18. The molecule has 0 radical (unpaired) electrons. The van der Waals surface area contributed by atoms with E-state index in [1.54, 1.807) is 14.0 Å². The van der Waals surface area contributed by atoms with Crippen molar-refractivity contribution in [3.05, 3.63) is 70.5 Å². The van der Waals surface area contributed by atoms with Gasteiger partial charge in [0.2, 0.25) is 11.7 Å². The molecule has 1 aliphatic carbocycles. The van der Waals surface area contributed by atoms with Crippen molar-refractivity contribution in [2.24, 2.45) is 7.05 Å². The molecule has 0 spiro atoms. The summed E-state index contributed by atoms with van der Waals surface area (Å²) in [5.41, 5.74) is 2.20. The third-order valence-corrected chi connectivity index (χ3v) is 7.20. The number of carbonyl (C=O) groups is 1. The van der Waals surface area contributed by atoms with E-state index < -0.39 is 23.3 Å². The molecule has 1 saturated carbocycles. The number of aliphatic hydroxyl groups is 1. The fourth-order valence-electron chi connectivity index (χ4n) is 5.07. The predicted octanol–water partition coefficient (Wildman–Crippen LogP) is 5.56. The molecule has 5 rings (SSSR count). The summed E-state index contributed by atoms with van der Waals surface area (Å²) < 4.78 is 13.2. The second-order valence-electron chi connectivity index (χ2n) is 11.5. The fraction of sp³-hybridized carbons (Fsp3) is 0.387. The Balaban J connectivity index is 1.57. The summed E-state index contributed by atoms with van der Waals surface area (Å²) >= 11 is 0. The van der Waals surface area contributed by atoms with Crippen LogP contribution in [0.3, 0.4) is 0 Å². The smallest absolute Gasteiger partial charge is 0.408 e. The molecule has 0 aliphatic heterocycles. The number of rotatable bonds is 7. The van der Waals surface area contributed by atoms with E-state index in [2.05, 4.69) is 15.6 Å². The van der Waals surface area contributed by atoms with E-state index in [-0.39, 0.29) is 17.8 Å². The summed E-state index contributed by atoms with van der Waals surface area (Å²) in [5, 5.41) is 16.2. The lowest BCUT2D eigenvalue weighted by Crippen LogP contribution is -2.52. The molecule has 0 bridgehead atoms. The normalized spacial score (nSPS) is 15.3. The third kappa shape index (κ3) is 5.34. The van der Waals surface area contributed by atoms with Crippen LogP contribution in [0.25, 0.3) is 33.6 Å². The Bertz CT molecular complexity index is 1580. The van der Waals surface area contributed by atoms with Gasteiger partial charge in [0.15, 0.2) is 0 Å². The van der Waals surface area contributed by atoms with E-state index in [1.165, 1.54) is 4.57 Å². The molecule has 210 valence electrons. The Labute approximate surface area is 233 Å². The lowest BCUT2D eigenvalue weighted by atomic mass is 9.71. The van der Waals surface area contributed by atoms with Crippen LogP contribution in [0.1, 0.15) is 52.5 Å². The van der Waals surface area contributed by atoms with Crippen LogP contribution in [0.5, 0.6) is 0 Å². The average molecular weight is 545 g/mol. The Morgan fingerprint density at radius 2 is 1.80 bits per heavy atom. The number of hydrogen-bond donors (Lipinski definition) is 3. The van der Waals surface area contributed by atoms with Gasteiger partial charge in [0, 0.05) is 24.7 Å². The maximum atomic E-state index is 13.6. The number of aromatic nitrogens is 2. The zero-order valence-corrected chi connectivity index (χ0v) is 23.6. The molecular formula is C31H36N4O5. The highest BCUT2D eigenvalue weighted by Crippen LogP contribution is 2.43. The van der Waals surface area contributed by atoms with Crippen molar-refractivity contribution in [1.82, 2.24) is 14.9 Å². The van der Waals surface area contributed by atoms with Gasteiger partial charge < -0.3 is 24.9 Å². The lowest BCUT2D eigenvalue weighted by molar-refractivity contribution is 0.0377. The monoisotopic (exact) mass is 544 g/mol. The number of nitrogens with one attached hydrogen (secondary N) is 2. The Morgan fingerprint density at radius 3 is 2.38 bits per heavy atom. The largest absolute Gasteiger partial charge is 0.444 e. The number of carbonyl (C=O) groups excluding carboxylic acids is 1. The first-order chi connectivity index (χ1) is 19.0. The van der Waals surface area contributed by atoms with Crippen molar-refractivity contribution in [1.29, 1.82) is 0 Å². The van der Waals surface area contributed by atoms with Gasteiger partial charge in [0.25, 0.3) is 5.56 Å². The standard InChI is InChI=1S/C31H36N4O5/c1-19(36)18-32-28-33-26-24(27(37)35(28)5)23(20-10-7-6-8-11-20)25(39-26)21-12-14-22(15-13-21)31(16-9-17-31)34-29(38)40-30(2,3)4/h6-8,10-15,19,36H,9,16-18H2,1-5H3,(H,32,33)(H,34,38)/t19-/m0/s1. The van der Waals surface area contributed by atoms with Crippen LogP contribution in [0.4, 0.5) is 10.7 Å². The second-order valence-corrected chi connectivity index (χ2v) is 11.5. The van der Waals surface area contributed by atoms with E-state index in [1.807, 2.05) is 75.4 Å². The number of aliphatic hydroxyl groups excluding tert-OH is 1. The number of fused-ring (bicyclic) bond motifs is 1. The molecule has 0 saturated heterocycles. The predicted molar refractivity (Wildman–Crippen MR) is 155 cm³/mol. The molecule has 9 heteroatoms. The highest BCUT2D eigenvalue weighted by molar-refractivity contribution is 6.00. The SMILES string of the molecule is C[C@H](O)CNc1nc2oc(-c3ccc(C4(NC(=O)OC(C)(C)C)CCC4)cc3)c(-c3ccccc3)c2c(=O)n1C. The van der Waals surface area contributed by atoms with Gasteiger partial charge in [-0.1, -0.05) is 54.6 Å². The summed E-state index contributed by atoms with van der Waals surface area (Å²) in [6, 6.07) is 17.5. The average Bonchev–Trinajstić information content (AvgIpc) is 3.26. The number of amides is 1. The molecule has 40 heavy (non-hydrogen) atoms. The molecule has 1 aliphatic rings. The van der Waals surface area contributed by atoms with Gasteiger partial charge in [-0.25, -0.2) is 4.79 Å². The van der Waals surface area contributed by atoms with Crippen molar-refractivity contribution >= 4 is 23.1 Å². The van der Waals surface area contributed by atoms with Gasteiger partial charge in [0.05, 0.1) is 11.6 Å². The molecule has 1 fully saturated rings. The first-order valence-electron chi connectivity index (χ1n) is 13.6. The van der Waals surface area contributed by atoms with Crippen LogP contribution in [-0.4, -0.2) is 39.0 Å². The van der Waals surface area contributed by atoms with Crippen LogP contribution in [0, 0.1) is 0 Å². The third-order valence-electron chi connectivity index (χ3n) is 7.20. The number of benzene rings is 2. The minimum Gasteiger partial charge on any atom is -0.444 e. The summed E-state index contributed by atoms with van der Waals surface area (Å²) in [4.78, 5) is 30.8. The van der Waals surface area contributed by atoms with Crippen LogP contribution >= 0.6 is 0 Å². The van der Waals surface area contributed by atoms with Crippen molar-refractivity contribution in [3.8, 4) is 22.5 Å². The molecule has 1 amide bonds. The summed E-state index contributed by atoms with van der Waals surface area (Å²) in [6.45, 7) is 7.44. The molecule has 0 unspecified atom stereocenters. The minimum absolute atomic E-state index is 0.219. The van der Waals surface area contributed by atoms with E-state index in [0.29, 0.717) is 22.7 Å². The van der Waals surface area contributed by atoms with Crippen molar-refractivity contribution < 1.29 is 19.1 Å². The number of nitrogens with zero attached hydrogens (tertiary/aromatic N) is 2. The van der Waals surface area contributed by atoms with Gasteiger partial charge >= 0.3 is 6.09 Å². The minimum atomic E-state index is -0.609. The van der Waals surface area contributed by atoms with Crippen LogP contribution in [-0.2, 0) is 17.3 Å². The fourth-order valence-corrected chi connectivity index (χ4v) is 5.07. The maximum Gasteiger partial charge on any atom is 0.408 e. The zero-order valence-electron chi connectivity index (χ0n) is 23.6. The quantitative estimate of drug-likeness (QED) is 0.279. The Hall–Kier alpha value is -4.11. The topological polar surface area (TPSA) is 119 Å². The van der Waals surface area contributed by atoms with Crippen molar-refractivity contribution in [2.75, 3.05) is 11.9 Å². The number of alkyl carbamates (subject to hydrolysis) is 1. The van der Waals surface area contributed by atoms with E-state index in [0.717, 1.165) is 36.0 Å². The van der Waals surface area contributed by atoms with Crippen LogP contribution in [0.2, 0.25) is 0 Å². The maximum absolute atomic E-state index is 13.6. The molecule has 9 nitrogen and oxygen atoms in total. The van der Waals surface area contributed by atoms with E-state index in [9.17, 15) is 14.7 Å². The molecule has 3 N–H and O–H groups in total. The van der Waals surface area contributed by atoms with Crippen LogP contribution < -0.4 is 16.2 Å². The summed E-state index contributed by atoms with van der Waals surface area (Å²) in [7, 11) is 1.64. The van der Waals surface area contributed by atoms with E-state index >= 15 is 0 Å². The van der Waals surface area contributed by atoms with Gasteiger partial charge in [-0.2, -0.15) is 4.98 Å². The van der Waals surface area contributed by atoms with Crippen molar-refractivity contribution in [2.45, 2.75) is 64.2 Å². The van der Waals surface area contributed by atoms with Crippen molar-refractivity contribution in [3.63, 3.8) is 0 Å². The number of hydrogen-bond acceptors (Lipinski definition) is 7. The van der Waals surface area contributed by atoms with Gasteiger partial charge in [-0.15, -0.1) is 0 Å². The molecule has 1 atom stereocenters. The molecule has 2 aromatic heterocycles. The highest BCUT2D eigenvalue weighted by atomic mass is 16.6. The molecule has 2 heterocycles. The first-order valence-corrected chi connectivity index (χ1v) is 13.6. The number of ether oxygens (including phenoxy) is 1. The van der Waals surface area contributed by atoms with Gasteiger partial charge in [-0.05, 0) is 58.1 Å². The van der Waals surface area contributed by atoms with E-state index in [4.69, 9.17) is 9.15 Å². The lowest BCUT2D eigenvalue weighted by Gasteiger charge is -2.43. The molecule has 2 aromatic carbocycles. The first kappa shape index (κ1) is 27.5. The number of furan rings is 1. The molecular weight excluding hydrogens is 508 g/mol. The second kappa shape index (κ2) is 10.5. The van der Waals surface area contributed by atoms with Gasteiger partial charge in [0.1, 0.15) is 16.7 Å². The molecule has 4 aromatic rings. The number of anilines is 1.